The van der Waals surface area contributed by atoms with E-state index in [0.717, 1.165) is 11.3 Å². The van der Waals surface area contributed by atoms with Gasteiger partial charge in [-0.05, 0) is 13.0 Å². The van der Waals surface area contributed by atoms with Crippen molar-refractivity contribution < 1.29 is 9.53 Å². The Bertz CT molecular complexity index is 632. The van der Waals surface area contributed by atoms with E-state index >= 15 is 0 Å². The number of para-hydroxylation sites is 1. The molecule has 1 aromatic heterocycles. The zero-order chi connectivity index (χ0) is 14.5. The van der Waals surface area contributed by atoms with E-state index in [-0.39, 0.29) is 10.7 Å². The first-order valence-corrected chi connectivity index (χ1v) is 6.36. The number of aromatic nitrogens is 2. The van der Waals surface area contributed by atoms with Crippen LogP contribution in [0.25, 0.3) is 0 Å². The summed E-state index contributed by atoms with van der Waals surface area (Å²) in [6.45, 7) is 2.17. The molecule has 5 nitrogen and oxygen atoms in total. The van der Waals surface area contributed by atoms with Crippen LogP contribution >= 0.6 is 11.6 Å². The molecule has 0 unspecified atom stereocenters. The number of benzene rings is 1. The average molecular weight is 292 g/mol. The molecule has 6 heteroatoms. The van der Waals surface area contributed by atoms with Crippen LogP contribution in [0.3, 0.4) is 0 Å². The largest absolute Gasteiger partial charge is 0.380 e. The molecule has 0 aliphatic carbocycles. The molecule has 0 radical (unpaired) electrons. The van der Waals surface area contributed by atoms with Crippen molar-refractivity contribution in [2.75, 3.05) is 12.4 Å². The number of ether oxygens (including phenoxy) is 1. The van der Waals surface area contributed by atoms with Crippen LogP contribution in [-0.2, 0) is 11.3 Å². The molecule has 0 saturated carbocycles. The number of nitrogens with zero attached hydrogens (tertiary/aromatic N) is 2. The molecule has 104 valence electrons. The lowest BCUT2D eigenvalue weighted by Gasteiger charge is -2.13. The molecule has 1 heterocycles. The van der Waals surface area contributed by atoms with E-state index in [9.17, 15) is 4.79 Å². The summed E-state index contributed by atoms with van der Waals surface area (Å²) in [4.78, 5) is 19.3. The molecule has 0 saturated heterocycles. The van der Waals surface area contributed by atoms with E-state index in [4.69, 9.17) is 16.3 Å². The van der Waals surface area contributed by atoms with Crippen molar-refractivity contribution in [1.29, 1.82) is 0 Å². The highest BCUT2D eigenvalue weighted by Crippen LogP contribution is 2.25. The number of aryl methyl sites for hydroxylation is 1. The summed E-state index contributed by atoms with van der Waals surface area (Å²) in [7, 11) is 1.62. The number of carbonyl (C=O) groups excluding carboxylic acids is 1. The second kappa shape index (κ2) is 6.45. The van der Waals surface area contributed by atoms with Gasteiger partial charge in [-0.1, -0.05) is 29.8 Å². The van der Waals surface area contributed by atoms with Gasteiger partial charge in [-0.25, -0.2) is 9.97 Å². The van der Waals surface area contributed by atoms with Gasteiger partial charge in [0.2, 0.25) is 0 Å². The highest BCUT2D eigenvalue weighted by molar-refractivity contribution is 6.32. The fourth-order valence-corrected chi connectivity index (χ4v) is 2.05. The van der Waals surface area contributed by atoms with Crippen molar-refractivity contribution in [2.45, 2.75) is 13.5 Å². The summed E-state index contributed by atoms with van der Waals surface area (Å²) >= 11 is 5.95. The number of halogens is 1. The van der Waals surface area contributed by atoms with Crippen molar-refractivity contribution in [3.8, 4) is 0 Å². The first-order valence-electron chi connectivity index (χ1n) is 5.99. The fraction of sp³-hybridized carbons (Fsp3) is 0.214. The van der Waals surface area contributed by atoms with Crippen LogP contribution in [0.4, 0.5) is 11.5 Å². The second-order valence-corrected chi connectivity index (χ2v) is 4.51. The number of anilines is 2. The molecular weight excluding hydrogens is 278 g/mol. The third-order valence-corrected chi connectivity index (χ3v) is 2.99. The molecule has 0 spiro atoms. The molecule has 1 aromatic carbocycles. The molecule has 0 atom stereocenters. The van der Waals surface area contributed by atoms with Crippen LogP contribution in [0.1, 0.15) is 21.7 Å². The van der Waals surface area contributed by atoms with Crippen LogP contribution in [0, 0.1) is 6.92 Å². The summed E-state index contributed by atoms with van der Waals surface area (Å²) in [5.74, 6) is 0.883. The van der Waals surface area contributed by atoms with E-state index in [1.54, 1.807) is 14.0 Å². The molecule has 0 aliphatic heterocycles. The molecular formula is C14H14ClN3O2. The minimum Gasteiger partial charge on any atom is -0.380 e. The highest BCUT2D eigenvalue weighted by Gasteiger charge is 2.12. The van der Waals surface area contributed by atoms with E-state index in [1.165, 1.54) is 0 Å². The lowest BCUT2D eigenvalue weighted by atomic mass is 10.2. The summed E-state index contributed by atoms with van der Waals surface area (Å²) in [5, 5.41) is 3.25. The van der Waals surface area contributed by atoms with Gasteiger partial charge in [-0.2, -0.15) is 0 Å². The topological polar surface area (TPSA) is 64.1 Å². The molecule has 20 heavy (non-hydrogen) atoms. The molecule has 2 rings (SSSR count). The summed E-state index contributed by atoms with van der Waals surface area (Å²) < 4.78 is 5.14. The third-order valence-electron chi connectivity index (χ3n) is 2.70. The van der Waals surface area contributed by atoms with Gasteiger partial charge in [0.25, 0.3) is 0 Å². The van der Waals surface area contributed by atoms with Crippen molar-refractivity contribution in [2.24, 2.45) is 0 Å². The minimum atomic E-state index is 0.138. The van der Waals surface area contributed by atoms with E-state index in [2.05, 4.69) is 15.3 Å². The lowest BCUT2D eigenvalue weighted by molar-refractivity contribution is 0.112. The molecule has 0 amide bonds. The van der Waals surface area contributed by atoms with Gasteiger partial charge in [-0.15, -0.1) is 0 Å². The van der Waals surface area contributed by atoms with Gasteiger partial charge in [0.05, 0.1) is 12.2 Å². The van der Waals surface area contributed by atoms with E-state index in [1.807, 2.05) is 24.3 Å². The number of rotatable bonds is 5. The quantitative estimate of drug-likeness (QED) is 0.677. The highest BCUT2D eigenvalue weighted by atomic mass is 35.5. The third kappa shape index (κ3) is 3.12. The normalized spacial score (nSPS) is 10.3. The Morgan fingerprint density at radius 2 is 2.10 bits per heavy atom. The summed E-state index contributed by atoms with van der Waals surface area (Å²) in [5.41, 5.74) is 2.01. The number of hydrogen-bond donors (Lipinski definition) is 1. The van der Waals surface area contributed by atoms with Crippen molar-refractivity contribution >= 4 is 29.4 Å². The minimum absolute atomic E-state index is 0.138. The number of methoxy groups -OCH3 is 1. The Kier molecular flexibility index (Phi) is 4.65. The molecule has 0 aliphatic rings. The van der Waals surface area contributed by atoms with Crippen LogP contribution in [0.15, 0.2) is 24.3 Å². The maximum atomic E-state index is 11.1. The van der Waals surface area contributed by atoms with Crippen LogP contribution in [-0.4, -0.2) is 23.4 Å². The molecule has 0 fully saturated rings. The standard InChI is InChI=1S/C14H14ClN3O2/c1-9-16-13(15)11(7-19)14(17-9)18-12-6-4-3-5-10(12)8-20-2/h3-7H,8H2,1-2H3,(H,16,17,18). The Balaban J connectivity index is 2.42. The van der Waals surface area contributed by atoms with Gasteiger partial charge in [-0.3, -0.25) is 4.79 Å². The van der Waals surface area contributed by atoms with Crippen LogP contribution in [0.2, 0.25) is 5.15 Å². The smallest absolute Gasteiger partial charge is 0.156 e. The predicted octanol–water partition coefficient (Wildman–Crippen LogP) is 3.14. The Labute approximate surface area is 122 Å². The van der Waals surface area contributed by atoms with E-state index < -0.39 is 0 Å². The number of hydrogen-bond acceptors (Lipinski definition) is 5. The monoisotopic (exact) mass is 291 g/mol. The number of carbonyl (C=O) groups is 1. The Hall–Kier alpha value is -1.98. The Morgan fingerprint density at radius 1 is 1.35 bits per heavy atom. The van der Waals surface area contributed by atoms with Crippen LogP contribution < -0.4 is 5.32 Å². The maximum absolute atomic E-state index is 11.1. The predicted molar refractivity (Wildman–Crippen MR) is 77.6 cm³/mol. The second-order valence-electron chi connectivity index (χ2n) is 4.16. The number of nitrogens with one attached hydrogen (secondary N) is 1. The fourth-order valence-electron chi connectivity index (χ4n) is 1.80. The Morgan fingerprint density at radius 3 is 2.80 bits per heavy atom. The first-order chi connectivity index (χ1) is 9.65. The van der Waals surface area contributed by atoms with Gasteiger partial charge in [0.1, 0.15) is 16.8 Å². The van der Waals surface area contributed by atoms with Gasteiger partial charge in [0, 0.05) is 18.4 Å². The average Bonchev–Trinajstić information content (AvgIpc) is 2.41. The van der Waals surface area contributed by atoms with Crippen LogP contribution in [0.5, 0.6) is 0 Å². The first kappa shape index (κ1) is 14.4. The lowest BCUT2D eigenvalue weighted by Crippen LogP contribution is -2.05. The summed E-state index contributed by atoms with van der Waals surface area (Å²) in [6.07, 6.45) is 0.642. The van der Waals surface area contributed by atoms with E-state index in [0.29, 0.717) is 24.5 Å². The number of aldehydes is 1. The molecule has 1 N–H and O–H groups in total. The maximum Gasteiger partial charge on any atom is 0.156 e. The van der Waals surface area contributed by atoms with Crippen molar-refractivity contribution in [3.63, 3.8) is 0 Å². The van der Waals surface area contributed by atoms with Gasteiger partial charge in [0.15, 0.2) is 6.29 Å². The zero-order valence-electron chi connectivity index (χ0n) is 11.2. The summed E-state index contributed by atoms with van der Waals surface area (Å²) in [6, 6.07) is 7.62. The van der Waals surface area contributed by atoms with Gasteiger partial charge < -0.3 is 10.1 Å². The van der Waals surface area contributed by atoms with Gasteiger partial charge >= 0.3 is 0 Å². The van der Waals surface area contributed by atoms with Crippen molar-refractivity contribution in [1.82, 2.24) is 9.97 Å². The molecule has 2 aromatic rings. The molecule has 0 bridgehead atoms. The SMILES string of the molecule is COCc1ccccc1Nc1nc(C)nc(Cl)c1C=O. The zero-order valence-corrected chi connectivity index (χ0v) is 11.9. The van der Waals surface area contributed by atoms with Crippen molar-refractivity contribution in [3.05, 3.63) is 46.4 Å².